The summed E-state index contributed by atoms with van der Waals surface area (Å²) in [4.78, 5) is 26.0. The summed E-state index contributed by atoms with van der Waals surface area (Å²) < 4.78 is 0. The van der Waals surface area contributed by atoms with E-state index >= 15 is 0 Å². The molecule has 7 nitrogen and oxygen atoms in total. The second kappa shape index (κ2) is 12.2. The van der Waals surface area contributed by atoms with Crippen LogP contribution in [-0.2, 0) is 11.2 Å². The van der Waals surface area contributed by atoms with E-state index in [1.807, 2.05) is 25.1 Å². The summed E-state index contributed by atoms with van der Waals surface area (Å²) in [5.41, 5.74) is 2.30. The first-order valence-corrected chi connectivity index (χ1v) is 11.1. The number of guanidine groups is 1. The fourth-order valence-electron chi connectivity index (χ4n) is 2.73. The number of carbonyl (C=O) groups is 1. The van der Waals surface area contributed by atoms with Crippen molar-refractivity contribution < 1.29 is 4.79 Å². The average molecular weight is 431 g/mol. The molecule has 30 heavy (non-hydrogen) atoms. The van der Waals surface area contributed by atoms with Crippen LogP contribution in [0.25, 0.3) is 0 Å². The Morgan fingerprint density at radius 2 is 1.80 bits per heavy atom. The van der Waals surface area contributed by atoms with Crippen molar-refractivity contribution in [1.82, 2.24) is 20.5 Å². The van der Waals surface area contributed by atoms with E-state index in [1.54, 1.807) is 30.3 Å². The number of para-hydroxylation sites is 1. The summed E-state index contributed by atoms with van der Waals surface area (Å²) in [5, 5.41) is 7.80. The lowest BCUT2D eigenvalue weighted by atomic mass is 10.3. The predicted molar refractivity (Wildman–Crippen MR) is 127 cm³/mol. The largest absolute Gasteiger partial charge is 0.375 e. The highest BCUT2D eigenvalue weighted by atomic mass is 32.1. The number of aliphatic imine (C=N–C) groups is 1. The third-order valence-electron chi connectivity index (χ3n) is 4.74. The van der Waals surface area contributed by atoms with E-state index in [9.17, 15) is 4.79 Å². The summed E-state index contributed by atoms with van der Waals surface area (Å²) in [5.74, 6) is 0.642. The van der Waals surface area contributed by atoms with E-state index in [0.717, 1.165) is 43.2 Å². The Labute approximate surface area is 184 Å². The van der Waals surface area contributed by atoms with Gasteiger partial charge in [-0.2, -0.15) is 0 Å². The molecule has 0 atom stereocenters. The van der Waals surface area contributed by atoms with Gasteiger partial charge in [0, 0.05) is 57.8 Å². The molecule has 164 valence electrons. The minimum Gasteiger partial charge on any atom is -0.375 e. The number of thiazole rings is 1. The highest BCUT2D eigenvalue weighted by Crippen LogP contribution is 2.16. The van der Waals surface area contributed by atoms with Gasteiger partial charge in [-0.1, -0.05) is 18.2 Å². The van der Waals surface area contributed by atoms with Gasteiger partial charge in [-0.3, -0.25) is 4.79 Å². The normalized spacial score (nSPS) is 11.3. The summed E-state index contributed by atoms with van der Waals surface area (Å²) in [6.45, 7) is 6.68. The number of carbonyl (C=O) groups excluding carboxylic acids is 1. The fourth-order valence-corrected chi connectivity index (χ4v) is 3.66. The van der Waals surface area contributed by atoms with Gasteiger partial charge in [-0.15, -0.1) is 11.3 Å². The minimum atomic E-state index is -0.0221. The summed E-state index contributed by atoms with van der Waals surface area (Å²) >= 11 is 1.73. The predicted octanol–water partition coefficient (Wildman–Crippen LogP) is 2.45. The molecule has 2 aromatic rings. The Morgan fingerprint density at radius 1 is 1.10 bits per heavy atom. The molecule has 0 aliphatic rings. The van der Waals surface area contributed by atoms with Crippen LogP contribution in [0.15, 0.2) is 35.3 Å². The Bertz CT molecular complexity index is 799. The molecule has 0 aliphatic heterocycles. The van der Waals surface area contributed by atoms with Crippen molar-refractivity contribution in [3.8, 4) is 0 Å². The van der Waals surface area contributed by atoms with Gasteiger partial charge in [0.05, 0.1) is 10.7 Å². The summed E-state index contributed by atoms with van der Waals surface area (Å²) in [6, 6.07) is 10.3. The number of anilines is 1. The van der Waals surface area contributed by atoms with Gasteiger partial charge in [0.25, 0.3) is 0 Å². The second-order valence-corrected chi connectivity index (χ2v) is 8.70. The molecule has 1 aromatic heterocycles. The van der Waals surface area contributed by atoms with E-state index < -0.39 is 0 Å². The van der Waals surface area contributed by atoms with Gasteiger partial charge in [0.1, 0.15) is 6.54 Å². The van der Waals surface area contributed by atoms with Gasteiger partial charge in [-0.05, 0) is 32.4 Å². The van der Waals surface area contributed by atoms with Crippen LogP contribution in [0.1, 0.15) is 22.0 Å². The molecule has 1 aromatic carbocycles. The number of aromatic nitrogens is 1. The maximum absolute atomic E-state index is 11.9. The van der Waals surface area contributed by atoms with E-state index in [4.69, 9.17) is 0 Å². The molecule has 0 saturated carbocycles. The van der Waals surface area contributed by atoms with Crippen LogP contribution in [0.2, 0.25) is 0 Å². The fraction of sp³-hybridized carbons (Fsp3) is 0.500. The molecule has 0 saturated heterocycles. The quantitative estimate of drug-likeness (QED) is 0.344. The molecule has 0 unspecified atom stereocenters. The van der Waals surface area contributed by atoms with Crippen molar-refractivity contribution in [1.29, 1.82) is 0 Å². The number of rotatable bonds is 10. The summed E-state index contributed by atoms with van der Waals surface area (Å²) in [7, 11) is 5.58. The van der Waals surface area contributed by atoms with Gasteiger partial charge in [0.2, 0.25) is 5.91 Å². The zero-order valence-corrected chi connectivity index (χ0v) is 19.6. The van der Waals surface area contributed by atoms with Crippen molar-refractivity contribution >= 4 is 28.9 Å². The van der Waals surface area contributed by atoms with E-state index in [0.29, 0.717) is 5.96 Å². The Balaban J connectivity index is 1.82. The zero-order valence-electron chi connectivity index (χ0n) is 18.7. The molecule has 0 spiro atoms. The molecule has 0 bridgehead atoms. The molecule has 0 fully saturated rings. The number of nitrogens with zero attached hydrogens (tertiary/aromatic N) is 4. The van der Waals surface area contributed by atoms with Gasteiger partial charge < -0.3 is 20.4 Å². The standard InChI is InChI=1S/C22H34N6OS/c1-17-18(2)30-20(26-17)12-14-24-22(25-16-21(29)27(3)4)23-13-9-15-28(5)19-10-7-6-8-11-19/h6-8,10-11H,9,12-16H2,1-5H3,(H2,23,24,25). The van der Waals surface area contributed by atoms with Crippen LogP contribution < -0.4 is 15.5 Å². The first-order chi connectivity index (χ1) is 14.4. The maximum Gasteiger partial charge on any atom is 0.243 e. The third-order valence-corrected chi connectivity index (χ3v) is 5.87. The minimum absolute atomic E-state index is 0.0221. The first kappa shape index (κ1) is 23.7. The van der Waals surface area contributed by atoms with Crippen molar-refractivity contribution in [3.63, 3.8) is 0 Å². The van der Waals surface area contributed by atoms with Crippen LogP contribution >= 0.6 is 11.3 Å². The lowest BCUT2D eigenvalue weighted by Crippen LogP contribution is -2.40. The number of nitrogens with one attached hydrogen (secondary N) is 2. The SMILES string of the molecule is Cc1nc(CCNC(=NCC(=O)N(C)C)NCCCN(C)c2ccccc2)sc1C. The molecule has 8 heteroatoms. The molecule has 1 heterocycles. The lowest BCUT2D eigenvalue weighted by Gasteiger charge is -2.20. The number of aryl methyl sites for hydroxylation is 2. The monoisotopic (exact) mass is 430 g/mol. The van der Waals surface area contributed by atoms with Crippen LogP contribution in [0, 0.1) is 13.8 Å². The van der Waals surface area contributed by atoms with E-state index in [-0.39, 0.29) is 12.5 Å². The van der Waals surface area contributed by atoms with Gasteiger partial charge in [-0.25, -0.2) is 9.98 Å². The highest BCUT2D eigenvalue weighted by molar-refractivity contribution is 7.11. The topological polar surface area (TPSA) is 72.9 Å². The molecule has 0 aliphatic carbocycles. The second-order valence-electron chi connectivity index (χ2n) is 7.42. The lowest BCUT2D eigenvalue weighted by molar-refractivity contribution is -0.127. The molecule has 2 N–H and O–H groups in total. The average Bonchev–Trinajstić information content (AvgIpc) is 3.06. The van der Waals surface area contributed by atoms with Gasteiger partial charge in [0.15, 0.2) is 5.96 Å². The van der Waals surface area contributed by atoms with Gasteiger partial charge >= 0.3 is 0 Å². The first-order valence-electron chi connectivity index (χ1n) is 10.3. The summed E-state index contributed by atoms with van der Waals surface area (Å²) in [6.07, 6.45) is 1.79. The molecule has 1 amide bonds. The molecular weight excluding hydrogens is 396 g/mol. The van der Waals surface area contributed by atoms with E-state index in [1.165, 1.54) is 10.6 Å². The number of hydrogen-bond donors (Lipinski definition) is 2. The number of amides is 1. The Kier molecular flexibility index (Phi) is 9.60. The Morgan fingerprint density at radius 3 is 2.43 bits per heavy atom. The molecular formula is C22H34N6OS. The number of benzene rings is 1. The maximum atomic E-state index is 11.9. The Hall–Kier alpha value is -2.61. The van der Waals surface area contributed by atoms with Crippen molar-refractivity contribution in [2.45, 2.75) is 26.7 Å². The highest BCUT2D eigenvalue weighted by Gasteiger charge is 2.07. The molecule has 2 rings (SSSR count). The number of hydrogen-bond acceptors (Lipinski definition) is 5. The van der Waals surface area contributed by atoms with Crippen molar-refractivity contribution in [3.05, 3.63) is 45.9 Å². The van der Waals surface area contributed by atoms with Crippen molar-refractivity contribution in [2.75, 3.05) is 52.2 Å². The molecule has 0 radical (unpaired) electrons. The van der Waals surface area contributed by atoms with E-state index in [2.05, 4.69) is 51.6 Å². The smallest absolute Gasteiger partial charge is 0.243 e. The van der Waals surface area contributed by atoms with Crippen molar-refractivity contribution in [2.24, 2.45) is 4.99 Å². The van der Waals surface area contributed by atoms with Crippen LogP contribution in [0.3, 0.4) is 0 Å². The van der Waals surface area contributed by atoms with Crippen LogP contribution in [0.5, 0.6) is 0 Å². The van der Waals surface area contributed by atoms with Crippen LogP contribution in [-0.4, -0.2) is 69.1 Å². The third kappa shape index (κ3) is 8.02. The number of likely N-dealkylation sites (N-methyl/N-ethyl adjacent to an activating group) is 1. The van der Waals surface area contributed by atoms with Crippen LogP contribution in [0.4, 0.5) is 5.69 Å². The zero-order chi connectivity index (χ0) is 21.9.